The maximum Gasteiger partial charge on any atom is 0.419 e. The van der Waals surface area contributed by atoms with E-state index in [-0.39, 0.29) is 18.9 Å². The van der Waals surface area contributed by atoms with Crippen molar-refractivity contribution < 1.29 is 18.0 Å². The normalized spacial score (nSPS) is 11.1. The summed E-state index contributed by atoms with van der Waals surface area (Å²) in [5.74, 6) is -2.60. The van der Waals surface area contributed by atoms with Crippen molar-refractivity contribution >= 4 is 33.5 Å². The van der Waals surface area contributed by atoms with Gasteiger partial charge in [0.05, 0.1) is 5.52 Å². The van der Waals surface area contributed by atoms with Crippen molar-refractivity contribution in [1.29, 1.82) is 0 Å². The molecule has 2 heterocycles. The van der Waals surface area contributed by atoms with Crippen molar-refractivity contribution in [2.45, 2.75) is 19.4 Å². The third-order valence-electron chi connectivity index (χ3n) is 4.30. The number of oxazole rings is 1. The highest BCUT2D eigenvalue weighted by atomic mass is 32.1. The monoisotopic (exact) mass is 415 g/mol. The highest BCUT2D eigenvalue weighted by Gasteiger charge is 2.12. The van der Waals surface area contributed by atoms with Gasteiger partial charge in [0.2, 0.25) is 5.91 Å². The van der Waals surface area contributed by atoms with Crippen molar-refractivity contribution in [3.63, 3.8) is 0 Å². The summed E-state index contributed by atoms with van der Waals surface area (Å²) in [7, 11) is 0. The molecule has 0 saturated heterocycles. The molecular formula is C20H15F2N3O3S. The zero-order valence-corrected chi connectivity index (χ0v) is 15.8. The molecular weight excluding hydrogens is 400 g/mol. The first-order chi connectivity index (χ1) is 14.0. The van der Waals surface area contributed by atoms with Gasteiger partial charge in [-0.1, -0.05) is 18.2 Å². The van der Waals surface area contributed by atoms with Crippen LogP contribution in [0.1, 0.15) is 16.9 Å². The van der Waals surface area contributed by atoms with Crippen LogP contribution in [0.3, 0.4) is 0 Å². The average Bonchev–Trinajstić information content (AvgIpc) is 3.26. The molecule has 0 bridgehead atoms. The van der Waals surface area contributed by atoms with Gasteiger partial charge in [-0.05, 0) is 29.8 Å². The number of thiazole rings is 1. The highest BCUT2D eigenvalue weighted by molar-refractivity contribution is 7.15. The van der Waals surface area contributed by atoms with E-state index in [2.05, 4.69) is 10.3 Å². The number of hydrogen-bond acceptors (Lipinski definition) is 5. The Bertz CT molecular complexity index is 1250. The number of fused-ring (bicyclic) bond motifs is 1. The number of carbonyl (C=O) groups is 1. The van der Waals surface area contributed by atoms with Crippen molar-refractivity contribution in [2.75, 3.05) is 5.32 Å². The first kappa shape index (κ1) is 19.0. The fraction of sp³-hybridized carbons (Fsp3) is 0.150. The van der Waals surface area contributed by atoms with E-state index in [1.807, 2.05) is 0 Å². The van der Waals surface area contributed by atoms with E-state index in [9.17, 15) is 18.4 Å². The van der Waals surface area contributed by atoms with Crippen LogP contribution in [0.2, 0.25) is 0 Å². The Kier molecular flexibility index (Phi) is 5.22. The van der Waals surface area contributed by atoms with E-state index in [4.69, 9.17) is 4.42 Å². The summed E-state index contributed by atoms with van der Waals surface area (Å²) in [6.45, 7) is 0.175. The fourth-order valence-corrected chi connectivity index (χ4v) is 3.78. The number of benzene rings is 2. The molecule has 2 aromatic heterocycles. The Hall–Kier alpha value is -3.33. The lowest BCUT2D eigenvalue weighted by Crippen LogP contribution is -2.19. The summed E-state index contributed by atoms with van der Waals surface area (Å²) in [4.78, 5) is 29.1. The largest absolute Gasteiger partial charge is 0.419 e. The second-order valence-electron chi connectivity index (χ2n) is 6.34. The minimum absolute atomic E-state index is 0.0710. The number of anilines is 1. The molecule has 0 radical (unpaired) electrons. The predicted octanol–water partition coefficient (Wildman–Crippen LogP) is 3.95. The van der Waals surface area contributed by atoms with Gasteiger partial charge in [-0.25, -0.2) is 18.6 Å². The molecule has 4 aromatic rings. The molecule has 0 aliphatic rings. The van der Waals surface area contributed by atoms with Crippen LogP contribution in [0, 0.1) is 11.6 Å². The fourth-order valence-electron chi connectivity index (χ4n) is 2.92. The van der Waals surface area contributed by atoms with E-state index in [0.717, 1.165) is 17.0 Å². The zero-order chi connectivity index (χ0) is 20.4. The van der Waals surface area contributed by atoms with Crippen molar-refractivity contribution in [1.82, 2.24) is 9.55 Å². The third kappa shape index (κ3) is 4.24. The topological polar surface area (TPSA) is 77.1 Å². The Labute approximate surface area is 167 Å². The summed E-state index contributed by atoms with van der Waals surface area (Å²) < 4.78 is 32.9. The SMILES string of the molecule is O=C(CCn1c(=O)oc2ccccc21)Nc1ncc(Cc2ccc(F)c(F)c2)s1. The predicted molar refractivity (Wildman–Crippen MR) is 105 cm³/mol. The van der Waals surface area contributed by atoms with Gasteiger partial charge in [0.1, 0.15) is 0 Å². The Morgan fingerprint density at radius 1 is 1.17 bits per heavy atom. The second kappa shape index (κ2) is 7.96. The molecule has 6 nitrogen and oxygen atoms in total. The van der Waals surface area contributed by atoms with E-state index in [1.165, 1.54) is 22.0 Å². The molecule has 0 aliphatic carbocycles. The quantitative estimate of drug-likeness (QED) is 0.517. The minimum atomic E-state index is -0.900. The number of aromatic nitrogens is 2. The molecule has 2 aromatic carbocycles. The number of para-hydroxylation sites is 2. The standard InChI is InChI=1S/C20H15F2N3O3S/c21-14-6-5-12(10-15(14)22)9-13-11-23-19(29-13)24-18(26)7-8-25-16-3-1-2-4-17(16)28-20(25)27/h1-6,10-11H,7-9H2,(H,23,24,26). The molecule has 0 saturated carbocycles. The van der Waals surface area contributed by atoms with E-state index >= 15 is 0 Å². The van der Waals surface area contributed by atoms with Crippen LogP contribution in [0.15, 0.2) is 57.9 Å². The van der Waals surface area contributed by atoms with E-state index < -0.39 is 17.4 Å². The zero-order valence-electron chi connectivity index (χ0n) is 15.0. The van der Waals surface area contributed by atoms with Gasteiger partial charge in [-0.3, -0.25) is 9.36 Å². The van der Waals surface area contributed by atoms with Crippen LogP contribution in [0.5, 0.6) is 0 Å². The molecule has 1 N–H and O–H groups in total. The summed E-state index contributed by atoms with van der Waals surface area (Å²) in [5.41, 5.74) is 1.71. The molecule has 0 unspecified atom stereocenters. The molecule has 0 atom stereocenters. The molecule has 0 aliphatic heterocycles. The molecule has 9 heteroatoms. The van der Waals surface area contributed by atoms with Gasteiger partial charge in [-0.15, -0.1) is 11.3 Å². The number of nitrogens with one attached hydrogen (secondary N) is 1. The van der Waals surface area contributed by atoms with Crippen molar-refractivity contribution in [3.05, 3.63) is 81.3 Å². The van der Waals surface area contributed by atoms with Crippen LogP contribution in [-0.4, -0.2) is 15.5 Å². The van der Waals surface area contributed by atoms with Crippen molar-refractivity contribution in [3.8, 4) is 0 Å². The molecule has 29 heavy (non-hydrogen) atoms. The van der Waals surface area contributed by atoms with Crippen LogP contribution in [0.25, 0.3) is 11.1 Å². The Morgan fingerprint density at radius 2 is 2.00 bits per heavy atom. The van der Waals surface area contributed by atoms with Gasteiger partial charge in [0.15, 0.2) is 22.3 Å². The Balaban J connectivity index is 1.37. The maximum atomic E-state index is 13.3. The Morgan fingerprint density at radius 3 is 2.83 bits per heavy atom. The van der Waals surface area contributed by atoms with Crippen LogP contribution < -0.4 is 11.1 Å². The van der Waals surface area contributed by atoms with Crippen molar-refractivity contribution in [2.24, 2.45) is 0 Å². The lowest BCUT2D eigenvalue weighted by Gasteiger charge is -2.03. The molecule has 0 fully saturated rings. The molecule has 1 amide bonds. The summed E-state index contributed by atoms with van der Waals surface area (Å²) in [5, 5.41) is 3.09. The van der Waals surface area contributed by atoms with Crippen LogP contribution >= 0.6 is 11.3 Å². The van der Waals surface area contributed by atoms with Gasteiger partial charge in [0.25, 0.3) is 0 Å². The number of nitrogens with zero attached hydrogens (tertiary/aromatic N) is 2. The van der Waals surface area contributed by atoms with E-state index in [0.29, 0.717) is 28.2 Å². The molecule has 148 valence electrons. The number of carbonyl (C=O) groups excluding carboxylic acids is 1. The lowest BCUT2D eigenvalue weighted by molar-refractivity contribution is -0.116. The first-order valence-electron chi connectivity index (χ1n) is 8.76. The van der Waals surface area contributed by atoms with E-state index in [1.54, 1.807) is 30.5 Å². The maximum absolute atomic E-state index is 13.3. The van der Waals surface area contributed by atoms with Crippen LogP contribution in [0.4, 0.5) is 13.9 Å². The van der Waals surface area contributed by atoms with Gasteiger partial charge >= 0.3 is 5.76 Å². The number of hydrogen-bond donors (Lipinski definition) is 1. The first-order valence-corrected chi connectivity index (χ1v) is 9.58. The summed E-state index contributed by atoms with van der Waals surface area (Å²) >= 11 is 1.25. The number of rotatable bonds is 6. The number of aryl methyl sites for hydroxylation is 1. The summed E-state index contributed by atoms with van der Waals surface area (Å²) in [6, 6.07) is 10.7. The van der Waals surface area contributed by atoms with Gasteiger partial charge in [0, 0.05) is 30.5 Å². The third-order valence-corrected chi connectivity index (χ3v) is 5.21. The number of halogens is 2. The second-order valence-corrected chi connectivity index (χ2v) is 7.46. The average molecular weight is 415 g/mol. The van der Waals surface area contributed by atoms with Crippen LogP contribution in [-0.2, 0) is 17.8 Å². The smallest absolute Gasteiger partial charge is 0.408 e. The van der Waals surface area contributed by atoms with Gasteiger partial charge < -0.3 is 9.73 Å². The molecule has 4 rings (SSSR count). The number of amides is 1. The van der Waals surface area contributed by atoms with Gasteiger partial charge in [-0.2, -0.15) is 0 Å². The minimum Gasteiger partial charge on any atom is -0.408 e. The summed E-state index contributed by atoms with van der Waals surface area (Å²) in [6.07, 6.45) is 2.03. The highest BCUT2D eigenvalue weighted by Crippen LogP contribution is 2.22. The lowest BCUT2D eigenvalue weighted by atomic mass is 10.1. The molecule has 0 spiro atoms.